The Morgan fingerprint density at radius 3 is 2.78 bits per heavy atom. The molecule has 0 bridgehead atoms. The van der Waals surface area contributed by atoms with Gasteiger partial charge in [-0.3, -0.25) is 4.79 Å². The molecular weight excluding hydrogens is 246 g/mol. The third kappa shape index (κ3) is 2.96. The highest BCUT2D eigenvalue weighted by Gasteiger charge is 2.16. The molecule has 2 aromatic rings. The molecule has 0 saturated heterocycles. The fourth-order valence-electron chi connectivity index (χ4n) is 1.69. The number of carbonyl (C=O) groups is 1. The number of methoxy groups -OCH3 is 1. The number of esters is 1. The summed E-state index contributed by atoms with van der Waals surface area (Å²) in [7, 11) is 1.41. The average Bonchev–Trinajstić information content (AvgIpc) is 2.87. The van der Waals surface area contributed by atoms with Gasteiger partial charge in [-0.05, 0) is 0 Å². The van der Waals surface area contributed by atoms with Gasteiger partial charge in [0, 0.05) is 17.4 Å². The molecule has 1 unspecified atom stereocenters. The van der Waals surface area contributed by atoms with Crippen LogP contribution in [0.25, 0.3) is 11.3 Å². The molecular formula is C14H15NO2S. The summed E-state index contributed by atoms with van der Waals surface area (Å²) in [6.45, 7) is 1.86. The third-order valence-corrected chi connectivity index (χ3v) is 3.58. The lowest BCUT2D eigenvalue weighted by atomic mass is 10.1. The Hall–Kier alpha value is -1.68. The Labute approximate surface area is 110 Å². The van der Waals surface area contributed by atoms with Gasteiger partial charge in [0.2, 0.25) is 0 Å². The molecule has 0 fully saturated rings. The maximum absolute atomic E-state index is 11.3. The van der Waals surface area contributed by atoms with Gasteiger partial charge in [-0.25, -0.2) is 4.98 Å². The van der Waals surface area contributed by atoms with E-state index < -0.39 is 0 Å². The smallest absolute Gasteiger partial charge is 0.308 e. The lowest BCUT2D eigenvalue weighted by Gasteiger charge is -2.05. The molecule has 0 spiro atoms. The Kier molecular flexibility index (Phi) is 4.10. The number of benzene rings is 1. The summed E-state index contributed by atoms with van der Waals surface area (Å²) in [5, 5.41) is 2.99. The van der Waals surface area contributed by atoms with Gasteiger partial charge in [-0.1, -0.05) is 37.3 Å². The highest BCUT2D eigenvalue weighted by molar-refractivity contribution is 7.09. The second-order valence-corrected chi connectivity index (χ2v) is 5.06. The van der Waals surface area contributed by atoms with Crippen molar-refractivity contribution >= 4 is 17.3 Å². The number of nitrogens with zero attached hydrogens (tertiary/aromatic N) is 1. The SMILES string of the molecule is COC(=O)C(C)Cc1nc(-c2ccccc2)cs1. The van der Waals surface area contributed by atoms with Crippen molar-refractivity contribution in [2.45, 2.75) is 13.3 Å². The van der Waals surface area contributed by atoms with E-state index >= 15 is 0 Å². The second kappa shape index (κ2) is 5.78. The van der Waals surface area contributed by atoms with Crippen molar-refractivity contribution in [1.29, 1.82) is 0 Å². The number of carbonyl (C=O) groups excluding carboxylic acids is 1. The summed E-state index contributed by atoms with van der Waals surface area (Å²) in [6.07, 6.45) is 0.629. The molecule has 0 amide bonds. The molecule has 1 aromatic carbocycles. The maximum atomic E-state index is 11.3. The molecule has 94 valence electrons. The van der Waals surface area contributed by atoms with Gasteiger partial charge in [0.15, 0.2) is 0 Å². The van der Waals surface area contributed by atoms with Crippen LogP contribution in [0.3, 0.4) is 0 Å². The van der Waals surface area contributed by atoms with Crippen LogP contribution in [0.2, 0.25) is 0 Å². The van der Waals surface area contributed by atoms with Gasteiger partial charge in [-0.15, -0.1) is 11.3 Å². The first-order valence-electron chi connectivity index (χ1n) is 5.78. The zero-order chi connectivity index (χ0) is 13.0. The molecule has 0 saturated carbocycles. The van der Waals surface area contributed by atoms with Crippen molar-refractivity contribution in [3.05, 3.63) is 40.7 Å². The Morgan fingerprint density at radius 1 is 1.39 bits per heavy atom. The summed E-state index contributed by atoms with van der Waals surface area (Å²) in [5.74, 6) is -0.337. The molecule has 18 heavy (non-hydrogen) atoms. The highest BCUT2D eigenvalue weighted by atomic mass is 32.1. The molecule has 1 aromatic heterocycles. The summed E-state index contributed by atoms with van der Waals surface area (Å²) in [4.78, 5) is 15.9. The predicted molar refractivity (Wildman–Crippen MR) is 72.4 cm³/mol. The van der Waals surface area contributed by atoms with Crippen molar-refractivity contribution in [3.63, 3.8) is 0 Å². The van der Waals surface area contributed by atoms with Crippen LogP contribution >= 0.6 is 11.3 Å². The molecule has 4 heteroatoms. The van der Waals surface area contributed by atoms with Gasteiger partial charge in [0.1, 0.15) is 0 Å². The summed E-state index contributed by atoms with van der Waals surface area (Å²) >= 11 is 1.58. The van der Waals surface area contributed by atoms with E-state index in [1.165, 1.54) is 7.11 Å². The Bertz CT molecular complexity index is 522. The standard InChI is InChI=1S/C14H15NO2S/c1-10(14(16)17-2)8-13-15-12(9-18-13)11-6-4-3-5-7-11/h3-7,9-10H,8H2,1-2H3. The van der Waals surface area contributed by atoms with Crippen LogP contribution in [-0.4, -0.2) is 18.1 Å². The molecule has 0 aliphatic carbocycles. The quantitative estimate of drug-likeness (QED) is 0.794. The first-order valence-corrected chi connectivity index (χ1v) is 6.66. The summed E-state index contributed by atoms with van der Waals surface area (Å²) < 4.78 is 4.71. The van der Waals surface area contributed by atoms with Crippen molar-refractivity contribution < 1.29 is 9.53 Å². The Morgan fingerprint density at radius 2 is 2.11 bits per heavy atom. The second-order valence-electron chi connectivity index (χ2n) is 4.12. The number of ether oxygens (including phenoxy) is 1. The molecule has 1 heterocycles. The monoisotopic (exact) mass is 261 g/mol. The van der Waals surface area contributed by atoms with E-state index in [2.05, 4.69) is 4.98 Å². The molecule has 3 nitrogen and oxygen atoms in total. The summed E-state index contributed by atoms with van der Waals surface area (Å²) in [6, 6.07) is 10.0. The van der Waals surface area contributed by atoms with Crippen LogP contribution in [0, 0.1) is 5.92 Å². The van der Waals surface area contributed by atoms with E-state index in [-0.39, 0.29) is 11.9 Å². The minimum absolute atomic E-state index is 0.148. The lowest BCUT2D eigenvalue weighted by Crippen LogP contribution is -2.14. The lowest BCUT2D eigenvalue weighted by molar-refractivity contribution is -0.144. The first-order chi connectivity index (χ1) is 8.70. The van der Waals surface area contributed by atoms with Gasteiger partial charge in [-0.2, -0.15) is 0 Å². The average molecular weight is 261 g/mol. The van der Waals surface area contributed by atoms with Crippen molar-refractivity contribution in [1.82, 2.24) is 4.98 Å². The van der Waals surface area contributed by atoms with E-state index in [9.17, 15) is 4.79 Å². The van der Waals surface area contributed by atoms with E-state index in [1.807, 2.05) is 42.6 Å². The van der Waals surface area contributed by atoms with Gasteiger partial charge in [0.05, 0.1) is 23.7 Å². The minimum Gasteiger partial charge on any atom is -0.469 e. The highest BCUT2D eigenvalue weighted by Crippen LogP contribution is 2.23. The van der Waals surface area contributed by atoms with Crippen LogP contribution in [0.1, 0.15) is 11.9 Å². The topological polar surface area (TPSA) is 39.2 Å². The molecule has 0 aliphatic heterocycles. The molecule has 2 rings (SSSR count). The number of aromatic nitrogens is 1. The molecule has 0 N–H and O–H groups in total. The number of hydrogen-bond acceptors (Lipinski definition) is 4. The van der Waals surface area contributed by atoms with Gasteiger partial charge >= 0.3 is 5.97 Å². The zero-order valence-electron chi connectivity index (χ0n) is 10.4. The van der Waals surface area contributed by atoms with Crippen LogP contribution in [-0.2, 0) is 16.0 Å². The number of hydrogen-bond donors (Lipinski definition) is 0. The zero-order valence-corrected chi connectivity index (χ0v) is 11.2. The number of thiazole rings is 1. The largest absolute Gasteiger partial charge is 0.469 e. The van der Waals surface area contributed by atoms with E-state index in [4.69, 9.17) is 4.74 Å². The van der Waals surface area contributed by atoms with E-state index in [0.717, 1.165) is 16.3 Å². The van der Waals surface area contributed by atoms with Gasteiger partial charge < -0.3 is 4.74 Å². The van der Waals surface area contributed by atoms with E-state index in [1.54, 1.807) is 11.3 Å². The predicted octanol–water partition coefficient (Wildman–Crippen LogP) is 3.16. The fraction of sp³-hybridized carbons (Fsp3) is 0.286. The van der Waals surface area contributed by atoms with Crippen LogP contribution in [0.4, 0.5) is 0 Å². The van der Waals surface area contributed by atoms with Crippen molar-refractivity contribution in [2.24, 2.45) is 5.92 Å². The molecule has 0 radical (unpaired) electrons. The number of rotatable bonds is 4. The Balaban J connectivity index is 2.09. The fourth-order valence-corrected chi connectivity index (χ4v) is 2.63. The van der Waals surface area contributed by atoms with Crippen molar-refractivity contribution in [3.8, 4) is 11.3 Å². The van der Waals surface area contributed by atoms with Crippen molar-refractivity contribution in [2.75, 3.05) is 7.11 Å². The van der Waals surface area contributed by atoms with Crippen LogP contribution < -0.4 is 0 Å². The summed E-state index contributed by atoms with van der Waals surface area (Å²) in [5.41, 5.74) is 2.07. The third-order valence-electron chi connectivity index (χ3n) is 2.71. The molecule has 1 atom stereocenters. The van der Waals surface area contributed by atoms with E-state index in [0.29, 0.717) is 6.42 Å². The van der Waals surface area contributed by atoms with Crippen LogP contribution in [0.5, 0.6) is 0 Å². The maximum Gasteiger partial charge on any atom is 0.308 e. The van der Waals surface area contributed by atoms with Gasteiger partial charge in [0.25, 0.3) is 0 Å². The minimum atomic E-state index is -0.188. The normalized spacial score (nSPS) is 12.1. The van der Waals surface area contributed by atoms with Crippen LogP contribution in [0.15, 0.2) is 35.7 Å². The first kappa shape index (κ1) is 12.8. The molecule has 0 aliphatic rings.